The standard InChI is InChI=1S/C19H30N2O3/c1-6-24-16-9-7-15(8-10-16)17(22)11-12-18(23)20-13-19(2,3)14-21(4)5/h7-10H,6,11-14H2,1-5H3,(H,20,23). The maximum atomic E-state index is 12.1. The van der Waals surface area contributed by atoms with Gasteiger partial charge >= 0.3 is 0 Å². The van der Waals surface area contributed by atoms with E-state index in [2.05, 4.69) is 24.1 Å². The van der Waals surface area contributed by atoms with E-state index in [1.807, 2.05) is 21.0 Å². The SMILES string of the molecule is CCOc1ccc(C(=O)CCC(=O)NCC(C)(C)CN(C)C)cc1. The van der Waals surface area contributed by atoms with Crippen LogP contribution in [0.4, 0.5) is 0 Å². The van der Waals surface area contributed by atoms with Crippen LogP contribution in [0, 0.1) is 5.41 Å². The zero-order valence-electron chi connectivity index (χ0n) is 15.5. The van der Waals surface area contributed by atoms with Crippen molar-refractivity contribution in [3.63, 3.8) is 0 Å². The van der Waals surface area contributed by atoms with Crippen LogP contribution in [0.1, 0.15) is 44.0 Å². The number of nitrogens with zero attached hydrogens (tertiary/aromatic N) is 1. The summed E-state index contributed by atoms with van der Waals surface area (Å²) in [5.41, 5.74) is 0.609. The quantitative estimate of drug-likeness (QED) is 0.669. The van der Waals surface area contributed by atoms with E-state index in [9.17, 15) is 9.59 Å². The Morgan fingerprint density at radius 1 is 1.12 bits per heavy atom. The molecule has 1 aromatic carbocycles. The van der Waals surface area contributed by atoms with E-state index in [1.54, 1.807) is 24.3 Å². The van der Waals surface area contributed by atoms with Crippen molar-refractivity contribution >= 4 is 11.7 Å². The molecule has 0 heterocycles. The molecule has 0 bridgehead atoms. The Morgan fingerprint density at radius 2 is 1.75 bits per heavy atom. The van der Waals surface area contributed by atoms with Crippen LogP contribution in [0.5, 0.6) is 5.75 Å². The lowest BCUT2D eigenvalue weighted by molar-refractivity contribution is -0.121. The molecule has 5 nitrogen and oxygen atoms in total. The summed E-state index contributed by atoms with van der Waals surface area (Å²) in [6.07, 6.45) is 0.429. The molecule has 1 N–H and O–H groups in total. The molecule has 24 heavy (non-hydrogen) atoms. The number of amides is 1. The molecule has 0 unspecified atom stereocenters. The fraction of sp³-hybridized carbons (Fsp3) is 0.579. The fourth-order valence-electron chi connectivity index (χ4n) is 2.61. The van der Waals surface area contributed by atoms with Crippen LogP contribution in [0.25, 0.3) is 0 Å². The summed E-state index contributed by atoms with van der Waals surface area (Å²) in [5.74, 6) is 0.636. The highest BCUT2D eigenvalue weighted by Crippen LogP contribution is 2.15. The first kappa shape index (κ1) is 20.2. The molecule has 5 heteroatoms. The molecular formula is C19H30N2O3. The Morgan fingerprint density at radius 3 is 2.29 bits per heavy atom. The van der Waals surface area contributed by atoms with Gasteiger partial charge in [0.05, 0.1) is 6.61 Å². The number of rotatable bonds is 10. The zero-order chi connectivity index (χ0) is 18.2. The number of carbonyl (C=O) groups excluding carboxylic acids is 2. The predicted molar refractivity (Wildman–Crippen MR) is 96.5 cm³/mol. The monoisotopic (exact) mass is 334 g/mol. The number of ketones is 1. The van der Waals surface area contributed by atoms with Crippen molar-refractivity contribution in [1.29, 1.82) is 0 Å². The molecule has 0 aromatic heterocycles. The molecule has 0 spiro atoms. The van der Waals surface area contributed by atoms with Gasteiger partial charge in [-0.05, 0) is 50.7 Å². The average molecular weight is 334 g/mol. The highest BCUT2D eigenvalue weighted by atomic mass is 16.5. The van der Waals surface area contributed by atoms with Crippen LogP contribution in [0.3, 0.4) is 0 Å². The van der Waals surface area contributed by atoms with E-state index in [-0.39, 0.29) is 29.9 Å². The average Bonchev–Trinajstić information content (AvgIpc) is 2.50. The van der Waals surface area contributed by atoms with E-state index >= 15 is 0 Å². The highest BCUT2D eigenvalue weighted by molar-refractivity contribution is 5.98. The summed E-state index contributed by atoms with van der Waals surface area (Å²) in [6.45, 7) is 8.21. The van der Waals surface area contributed by atoms with E-state index in [0.717, 1.165) is 12.3 Å². The maximum Gasteiger partial charge on any atom is 0.220 e. The van der Waals surface area contributed by atoms with E-state index in [1.165, 1.54) is 0 Å². The van der Waals surface area contributed by atoms with Crippen molar-refractivity contribution in [3.05, 3.63) is 29.8 Å². The van der Waals surface area contributed by atoms with Gasteiger partial charge in [-0.3, -0.25) is 9.59 Å². The topological polar surface area (TPSA) is 58.6 Å². The highest BCUT2D eigenvalue weighted by Gasteiger charge is 2.20. The lowest BCUT2D eigenvalue weighted by atomic mass is 9.93. The molecule has 0 aliphatic rings. The summed E-state index contributed by atoms with van der Waals surface area (Å²) in [6, 6.07) is 7.04. The molecule has 0 fully saturated rings. The van der Waals surface area contributed by atoms with Gasteiger partial charge in [0.15, 0.2) is 5.78 Å². The minimum Gasteiger partial charge on any atom is -0.494 e. The smallest absolute Gasteiger partial charge is 0.220 e. The van der Waals surface area contributed by atoms with Crippen LogP contribution >= 0.6 is 0 Å². The minimum atomic E-state index is -0.0823. The van der Waals surface area contributed by atoms with Crippen LogP contribution in [-0.4, -0.2) is 50.4 Å². The molecule has 1 aromatic rings. The number of hydrogen-bond acceptors (Lipinski definition) is 4. The molecule has 0 saturated carbocycles. The molecule has 0 radical (unpaired) electrons. The fourth-order valence-corrected chi connectivity index (χ4v) is 2.61. The third-order valence-electron chi connectivity index (χ3n) is 3.57. The number of benzene rings is 1. The van der Waals surface area contributed by atoms with Crippen LogP contribution in [0.2, 0.25) is 0 Å². The number of nitrogens with one attached hydrogen (secondary N) is 1. The van der Waals surface area contributed by atoms with Gasteiger partial charge in [-0.2, -0.15) is 0 Å². The second-order valence-corrected chi connectivity index (χ2v) is 7.06. The van der Waals surface area contributed by atoms with Crippen molar-refractivity contribution in [3.8, 4) is 5.75 Å². The predicted octanol–water partition coefficient (Wildman–Crippen LogP) is 2.75. The normalized spacial score (nSPS) is 11.4. The Hall–Kier alpha value is -1.88. The molecule has 1 amide bonds. The van der Waals surface area contributed by atoms with Crippen molar-refractivity contribution in [2.75, 3.05) is 33.8 Å². The lowest BCUT2D eigenvalue weighted by Gasteiger charge is -2.28. The first-order valence-corrected chi connectivity index (χ1v) is 8.41. The van der Waals surface area contributed by atoms with Gasteiger partial charge in [0.1, 0.15) is 5.75 Å². The van der Waals surface area contributed by atoms with E-state index in [0.29, 0.717) is 18.7 Å². The van der Waals surface area contributed by atoms with Gasteiger partial charge < -0.3 is 15.0 Å². The van der Waals surface area contributed by atoms with Crippen LogP contribution in [0.15, 0.2) is 24.3 Å². The van der Waals surface area contributed by atoms with Crippen LogP contribution < -0.4 is 10.1 Å². The Balaban J connectivity index is 2.39. The van der Waals surface area contributed by atoms with Gasteiger partial charge in [0, 0.05) is 31.5 Å². The van der Waals surface area contributed by atoms with E-state index in [4.69, 9.17) is 4.74 Å². The van der Waals surface area contributed by atoms with Crippen molar-refractivity contribution in [2.45, 2.75) is 33.6 Å². The van der Waals surface area contributed by atoms with Gasteiger partial charge in [-0.15, -0.1) is 0 Å². The number of carbonyl (C=O) groups is 2. The second kappa shape index (κ2) is 9.42. The Labute approximate surface area is 145 Å². The van der Waals surface area contributed by atoms with Gasteiger partial charge in [-0.1, -0.05) is 13.8 Å². The molecular weight excluding hydrogens is 304 g/mol. The summed E-state index contributed by atoms with van der Waals surface area (Å²) in [5, 5.41) is 2.92. The Bertz CT molecular complexity index is 536. The summed E-state index contributed by atoms with van der Waals surface area (Å²) < 4.78 is 5.35. The third kappa shape index (κ3) is 7.59. The van der Waals surface area contributed by atoms with Crippen LogP contribution in [-0.2, 0) is 4.79 Å². The summed E-state index contributed by atoms with van der Waals surface area (Å²) >= 11 is 0. The van der Waals surface area contributed by atoms with Crippen molar-refractivity contribution in [2.24, 2.45) is 5.41 Å². The van der Waals surface area contributed by atoms with Gasteiger partial charge in [0.2, 0.25) is 5.91 Å². The molecule has 134 valence electrons. The largest absolute Gasteiger partial charge is 0.494 e. The Kier molecular flexibility index (Phi) is 7.92. The zero-order valence-corrected chi connectivity index (χ0v) is 15.5. The molecule has 0 aliphatic carbocycles. The number of hydrogen-bond donors (Lipinski definition) is 1. The first-order chi connectivity index (χ1) is 11.2. The molecule has 1 rings (SSSR count). The lowest BCUT2D eigenvalue weighted by Crippen LogP contribution is -2.40. The van der Waals surface area contributed by atoms with E-state index < -0.39 is 0 Å². The molecule has 0 atom stereocenters. The maximum absolute atomic E-state index is 12.1. The van der Waals surface area contributed by atoms with Crippen molar-refractivity contribution in [1.82, 2.24) is 10.2 Å². The van der Waals surface area contributed by atoms with Gasteiger partial charge in [-0.25, -0.2) is 0 Å². The first-order valence-electron chi connectivity index (χ1n) is 8.41. The summed E-state index contributed by atoms with van der Waals surface area (Å²) in [7, 11) is 4.03. The summed E-state index contributed by atoms with van der Waals surface area (Å²) in [4.78, 5) is 26.2. The third-order valence-corrected chi connectivity index (χ3v) is 3.57. The minimum absolute atomic E-state index is 0.00171. The van der Waals surface area contributed by atoms with Crippen molar-refractivity contribution < 1.29 is 14.3 Å². The second-order valence-electron chi connectivity index (χ2n) is 7.06. The number of Topliss-reactive ketones (excluding diaryl/α,β-unsaturated/α-hetero) is 1. The van der Waals surface area contributed by atoms with Gasteiger partial charge in [0.25, 0.3) is 0 Å². The molecule has 0 aliphatic heterocycles. The molecule has 0 saturated heterocycles. The number of ether oxygens (including phenoxy) is 1.